The fraction of sp³-hybridized carbons (Fsp3) is 0.647. The van der Waals surface area contributed by atoms with Crippen LogP contribution in [0.15, 0.2) is 17.8 Å². The Hall–Kier alpha value is -1.76. The number of likely N-dealkylation sites (tertiary alicyclic amines) is 1. The van der Waals surface area contributed by atoms with E-state index in [0.717, 1.165) is 36.5 Å². The molecule has 1 unspecified atom stereocenters. The Labute approximate surface area is 146 Å². The minimum absolute atomic E-state index is 0.0470. The number of aryl methyl sites for hydroxylation is 1. The van der Waals surface area contributed by atoms with Crippen LogP contribution in [0.4, 0.5) is 0 Å². The van der Waals surface area contributed by atoms with Crippen molar-refractivity contribution >= 4 is 17.2 Å². The molecule has 2 aromatic rings. The summed E-state index contributed by atoms with van der Waals surface area (Å²) < 4.78 is 1.71. The second-order valence-electron chi connectivity index (χ2n) is 7.34. The maximum absolute atomic E-state index is 12.7. The van der Waals surface area contributed by atoms with Crippen LogP contribution in [0, 0.1) is 0 Å². The van der Waals surface area contributed by atoms with Gasteiger partial charge in [0, 0.05) is 30.0 Å². The first kappa shape index (κ1) is 17.1. The highest BCUT2D eigenvalue weighted by Crippen LogP contribution is 2.35. The summed E-state index contributed by atoms with van der Waals surface area (Å²) in [5.74, 6) is 0.183. The van der Waals surface area contributed by atoms with Gasteiger partial charge >= 0.3 is 0 Å². The maximum atomic E-state index is 12.7. The molecule has 0 aliphatic carbocycles. The molecule has 1 amide bonds. The molecular formula is C17H25N5OS. The predicted octanol–water partition coefficient (Wildman–Crippen LogP) is 3.18. The Kier molecular flexibility index (Phi) is 4.99. The summed E-state index contributed by atoms with van der Waals surface area (Å²) in [5, 5.41) is 10.9. The molecule has 130 valence electrons. The zero-order valence-corrected chi connectivity index (χ0v) is 15.4. The van der Waals surface area contributed by atoms with E-state index in [0.29, 0.717) is 13.0 Å². The van der Waals surface area contributed by atoms with Crippen molar-refractivity contribution in [3.05, 3.63) is 28.5 Å². The Morgan fingerprint density at radius 2 is 2.21 bits per heavy atom. The van der Waals surface area contributed by atoms with Crippen LogP contribution >= 0.6 is 11.3 Å². The van der Waals surface area contributed by atoms with Gasteiger partial charge in [0.2, 0.25) is 5.91 Å². The van der Waals surface area contributed by atoms with Gasteiger partial charge in [-0.2, -0.15) is 0 Å². The summed E-state index contributed by atoms with van der Waals surface area (Å²) in [4.78, 5) is 19.6. The van der Waals surface area contributed by atoms with E-state index in [-0.39, 0.29) is 17.4 Å². The van der Waals surface area contributed by atoms with Crippen LogP contribution in [-0.4, -0.2) is 37.3 Å². The molecule has 3 rings (SSSR count). The van der Waals surface area contributed by atoms with Gasteiger partial charge < -0.3 is 4.90 Å². The highest BCUT2D eigenvalue weighted by atomic mass is 32.1. The number of hydrogen-bond donors (Lipinski definition) is 0. The molecule has 24 heavy (non-hydrogen) atoms. The van der Waals surface area contributed by atoms with Gasteiger partial charge in [-0.1, -0.05) is 26.0 Å². The highest BCUT2D eigenvalue weighted by Gasteiger charge is 2.30. The molecule has 6 nitrogen and oxygen atoms in total. The molecule has 1 aliphatic heterocycles. The van der Waals surface area contributed by atoms with Gasteiger partial charge in [0.05, 0.1) is 24.5 Å². The molecule has 3 heterocycles. The molecule has 1 aliphatic rings. The largest absolute Gasteiger partial charge is 0.333 e. The molecule has 0 radical (unpaired) electrons. The van der Waals surface area contributed by atoms with Crippen molar-refractivity contribution in [2.75, 3.05) is 6.54 Å². The Morgan fingerprint density at radius 1 is 1.38 bits per heavy atom. The smallest absolute Gasteiger partial charge is 0.225 e. The second-order valence-corrected chi connectivity index (χ2v) is 8.23. The molecule has 1 fully saturated rings. The van der Waals surface area contributed by atoms with Crippen molar-refractivity contribution in [3.8, 4) is 0 Å². The van der Waals surface area contributed by atoms with Crippen molar-refractivity contribution in [2.24, 2.45) is 0 Å². The first-order valence-electron chi connectivity index (χ1n) is 8.54. The number of carbonyl (C=O) groups is 1. The summed E-state index contributed by atoms with van der Waals surface area (Å²) in [7, 11) is 0. The van der Waals surface area contributed by atoms with Gasteiger partial charge in [0.25, 0.3) is 0 Å². The van der Waals surface area contributed by atoms with Crippen molar-refractivity contribution in [1.82, 2.24) is 24.9 Å². The fourth-order valence-corrected chi connectivity index (χ4v) is 4.17. The van der Waals surface area contributed by atoms with E-state index in [9.17, 15) is 4.79 Å². The van der Waals surface area contributed by atoms with Crippen molar-refractivity contribution in [2.45, 2.75) is 64.5 Å². The lowest BCUT2D eigenvalue weighted by atomic mass is 9.93. The number of aromatic nitrogens is 4. The summed E-state index contributed by atoms with van der Waals surface area (Å²) >= 11 is 1.69. The summed E-state index contributed by atoms with van der Waals surface area (Å²) in [6, 6.07) is 0.128. The molecule has 0 aromatic carbocycles. The third-order valence-electron chi connectivity index (χ3n) is 4.43. The number of piperidine rings is 1. The zero-order chi connectivity index (χ0) is 17.2. The van der Waals surface area contributed by atoms with Crippen molar-refractivity contribution in [1.29, 1.82) is 0 Å². The summed E-state index contributed by atoms with van der Waals surface area (Å²) in [6.45, 7) is 7.92. The molecule has 0 spiro atoms. The average Bonchev–Trinajstić information content (AvgIpc) is 3.23. The molecule has 2 aromatic heterocycles. The standard InChI is InChI=1S/C17H25N5OS/c1-17(2,3)14-12-24-16(19-14)13-6-4-5-9-22(13)15(23)7-10-21-11-8-18-20-21/h8,11-13H,4-7,9-10H2,1-3H3. The molecule has 1 atom stereocenters. The topological polar surface area (TPSA) is 63.9 Å². The normalized spacial score (nSPS) is 18.8. The van der Waals surface area contributed by atoms with Gasteiger partial charge in [0.15, 0.2) is 0 Å². The lowest BCUT2D eigenvalue weighted by Crippen LogP contribution is -2.39. The van der Waals surface area contributed by atoms with Gasteiger partial charge in [-0.15, -0.1) is 16.4 Å². The highest BCUT2D eigenvalue weighted by molar-refractivity contribution is 7.09. The van der Waals surface area contributed by atoms with E-state index in [4.69, 9.17) is 4.98 Å². The van der Waals surface area contributed by atoms with Gasteiger partial charge in [0.1, 0.15) is 5.01 Å². The van der Waals surface area contributed by atoms with Crippen LogP contribution in [0.25, 0.3) is 0 Å². The van der Waals surface area contributed by atoms with Crippen molar-refractivity contribution in [3.63, 3.8) is 0 Å². The third kappa shape index (κ3) is 3.83. The molecular weight excluding hydrogens is 322 g/mol. The van der Waals surface area contributed by atoms with E-state index in [1.54, 1.807) is 28.4 Å². The Morgan fingerprint density at radius 3 is 2.88 bits per heavy atom. The van der Waals surface area contributed by atoms with E-state index in [1.807, 2.05) is 4.90 Å². The Balaban J connectivity index is 1.70. The molecule has 1 saturated heterocycles. The van der Waals surface area contributed by atoms with Gasteiger partial charge in [-0.3, -0.25) is 9.48 Å². The number of thiazole rings is 1. The number of carbonyl (C=O) groups excluding carboxylic acids is 1. The monoisotopic (exact) mass is 347 g/mol. The first-order valence-corrected chi connectivity index (χ1v) is 9.42. The van der Waals surface area contributed by atoms with Crippen LogP contribution in [0.3, 0.4) is 0 Å². The molecule has 7 heteroatoms. The SMILES string of the molecule is CC(C)(C)c1csc(C2CCCCN2C(=O)CCn2ccnn2)n1. The molecule has 0 N–H and O–H groups in total. The minimum atomic E-state index is 0.0470. The second kappa shape index (κ2) is 7.01. The van der Waals surface area contributed by atoms with E-state index < -0.39 is 0 Å². The summed E-state index contributed by atoms with van der Waals surface area (Å²) in [6.07, 6.45) is 7.11. The molecule has 0 saturated carbocycles. The van der Waals surface area contributed by atoms with Crippen LogP contribution in [-0.2, 0) is 16.8 Å². The quantitative estimate of drug-likeness (QED) is 0.852. The van der Waals surface area contributed by atoms with Crippen LogP contribution in [0.5, 0.6) is 0 Å². The fourth-order valence-electron chi connectivity index (χ4n) is 2.98. The number of hydrogen-bond acceptors (Lipinski definition) is 5. The zero-order valence-electron chi connectivity index (χ0n) is 14.6. The van der Waals surface area contributed by atoms with Crippen LogP contribution in [0.1, 0.15) is 63.2 Å². The van der Waals surface area contributed by atoms with Crippen LogP contribution < -0.4 is 0 Å². The van der Waals surface area contributed by atoms with Crippen molar-refractivity contribution < 1.29 is 4.79 Å². The number of amides is 1. The van der Waals surface area contributed by atoms with Crippen LogP contribution in [0.2, 0.25) is 0 Å². The lowest BCUT2D eigenvalue weighted by Gasteiger charge is -2.34. The first-order chi connectivity index (χ1) is 11.4. The predicted molar refractivity (Wildman–Crippen MR) is 93.8 cm³/mol. The minimum Gasteiger partial charge on any atom is -0.333 e. The average molecular weight is 347 g/mol. The molecule has 0 bridgehead atoms. The number of nitrogens with zero attached hydrogens (tertiary/aromatic N) is 5. The van der Waals surface area contributed by atoms with Gasteiger partial charge in [-0.05, 0) is 19.3 Å². The van der Waals surface area contributed by atoms with E-state index in [1.165, 1.54) is 0 Å². The van der Waals surface area contributed by atoms with E-state index >= 15 is 0 Å². The summed E-state index contributed by atoms with van der Waals surface area (Å²) in [5.41, 5.74) is 1.16. The van der Waals surface area contributed by atoms with Gasteiger partial charge in [-0.25, -0.2) is 4.98 Å². The maximum Gasteiger partial charge on any atom is 0.225 e. The third-order valence-corrected chi connectivity index (χ3v) is 5.37. The number of rotatable bonds is 4. The lowest BCUT2D eigenvalue weighted by molar-refractivity contribution is -0.135. The Bertz CT molecular complexity index is 673. The van der Waals surface area contributed by atoms with E-state index in [2.05, 4.69) is 36.5 Å².